The molecule has 2 heterocycles. The number of amides is 1. The van der Waals surface area contributed by atoms with Crippen molar-refractivity contribution >= 4 is 28.5 Å². The van der Waals surface area contributed by atoms with Crippen molar-refractivity contribution in [3.05, 3.63) is 56.7 Å². The van der Waals surface area contributed by atoms with Gasteiger partial charge in [-0.1, -0.05) is 17.7 Å². The fourth-order valence-corrected chi connectivity index (χ4v) is 3.53. The first-order valence-electron chi connectivity index (χ1n) is 9.44. The van der Waals surface area contributed by atoms with Crippen LogP contribution in [0.5, 0.6) is 0 Å². The summed E-state index contributed by atoms with van der Waals surface area (Å²) in [5.41, 5.74) is 4.18. The van der Waals surface area contributed by atoms with Crippen LogP contribution in [0, 0.1) is 20.8 Å². The maximum atomic E-state index is 13.1. The molecular formula is C21H25ClN4O3. The van der Waals surface area contributed by atoms with Gasteiger partial charge in [0.15, 0.2) is 5.65 Å². The normalized spacial score (nSPS) is 11.2. The zero-order chi connectivity index (χ0) is 21.1. The number of hydrogen-bond acceptors (Lipinski definition) is 4. The van der Waals surface area contributed by atoms with Gasteiger partial charge in [-0.15, -0.1) is 0 Å². The number of methoxy groups -OCH3 is 1. The molecule has 0 aliphatic heterocycles. The molecule has 0 spiro atoms. The van der Waals surface area contributed by atoms with Crippen molar-refractivity contribution in [2.75, 3.05) is 20.3 Å². The predicted octanol–water partition coefficient (Wildman–Crippen LogP) is 2.92. The predicted molar refractivity (Wildman–Crippen MR) is 114 cm³/mol. The van der Waals surface area contributed by atoms with Gasteiger partial charge >= 0.3 is 0 Å². The molecule has 0 aliphatic rings. The monoisotopic (exact) mass is 416 g/mol. The summed E-state index contributed by atoms with van der Waals surface area (Å²) in [6, 6.07) is 5.66. The number of carbonyl (C=O) groups is 1. The first-order valence-corrected chi connectivity index (χ1v) is 9.82. The Bertz CT molecular complexity index is 1120. The van der Waals surface area contributed by atoms with Crippen molar-refractivity contribution in [2.45, 2.75) is 33.7 Å². The van der Waals surface area contributed by atoms with Crippen LogP contribution >= 0.6 is 11.6 Å². The molecule has 154 valence electrons. The molecule has 1 aromatic carbocycles. The highest BCUT2D eigenvalue weighted by molar-refractivity contribution is 6.30. The zero-order valence-electron chi connectivity index (χ0n) is 17.1. The first-order chi connectivity index (χ1) is 13.8. The van der Waals surface area contributed by atoms with Crippen LogP contribution in [0.25, 0.3) is 16.7 Å². The van der Waals surface area contributed by atoms with Gasteiger partial charge in [-0.3, -0.25) is 18.7 Å². The van der Waals surface area contributed by atoms with Gasteiger partial charge < -0.3 is 10.1 Å². The van der Waals surface area contributed by atoms with E-state index in [1.54, 1.807) is 7.11 Å². The van der Waals surface area contributed by atoms with Crippen LogP contribution in [0.2, 0.25) is 5.02 Å². The topological polar surface area (TPSA) is 78.2 Å². The molecule has 0 atom stereocenters. The Hall–Kier alpha value is -2.64. The van der Waals surface area contributed by atoms with E-state index < -0.39 is 0 Å². The minimum absolute atomic E-state index is 0.130. The standard InChI is InChI=1S/C21H25ClN4O3/c1-13-5-6-16(22)11-17(13)26-15(3)14(2)19-20(26)24-12-25(21(19)28)9-7-18(27)23-8-10-29-4/h5-6,11-12H,7-10H2,1-4H3,(H,23,27). The van der Waals surface area contributed by atoms with Crippen LogP contribution in [-0.4, -0.2) is 40.3 Å². The molecule has 0 radical (unpaired) electrons. The Morgan fingerprint density at radius 1 is 1.28 bits per heavy atom. The van der Waals surface area contributed by atoms with Gasteiger partial charge in [-0.2, -0.15) is 0 Å². The van der Waals surface area contributed by atoms with E-state index in [1.165, 1.54) is 10.9 Å². The number of ether oxygens (including phenoxy) is 1. The SMILES string of the molecule is COCCNC(=O)CCn1cnc2c(c(C)c(C)n2-c2cc(Cl)ccc2C)c1=O. The van der Waals surface area contributed by atoms with E-state index in [4.69, 9.17) is 16.3 Å². The highest BCUT2D eigenvalue weighted by Gasteiger charge is 2.19. The molecule has 0 aliphatic carbocycles. The van der Waals surface area contributed by atoms with E-state index in [2.05, 4.69) is 10.3 Å². The third-order valence-electron chi connectivity index (χ3n) is 5.10. The number of hydrogen-bond donors (Lipinski definition) is 1. The van der Waals surface area contributed by atoms with Crippen LogP contribution in [0.1, 0.15) is 23.2 Å². The van der Waals surface area contributed by atoms with Crippen molar-refractivity contribution < 1.29 is 9.53 Å². The fourth-order valence-electron chi connectivity index (χ4n) is 3.37. The van der Waals surface area contributed by atoms with Crippen molar-refractivity contribution in [2.24, 2.45) is 0 Å². The van der Waals surface area contributed by atoms with Gasteiger partial charge in [-0.05, 0) is 44.0 Å². The first kappa shape index (κ1) is 21.1. The van der Waals surface area contributed by atoms with Crippen molar-refractivity contribution in [1.82, 2.24) is 19.4 Å². The average molecular weight is 417 g/mol. The molecule has 1 N–H and O–H groups in total. The van der Waals surface area contributed by atoms with E-state index in [-0.39, 0.29) is 24.4 Å². The number of benzene rings is 1. The Morgan fingerprint density at radius 3 is 2.76 bits per heavy atom. The summed E-state index contributed by atoms with van der Waals surface area (Å²) in [5.74, 6) is -0.130. The van der Waals surface area contributed by atoms with Crippen molar-refractivity contribution in [1.29, 1.82) is 0 Å². The van der Waals surface area contributed by atoms with Crippen molar-refractivity contribution in [3.63, 3.8) is 0 Å². The third kappa shape index (κ3) is 4.21. The number of fused-ring (bicyclic) bond motifs is 1. The van der Waals surface area contributed by atoms with Gasteiger partial charge in [0.2, 0.25) is 5.91 Å². The Morgan fingerprint density at radius 2 is 2.03 bits per heavy atom. The molecule has 0 bridgehead atoms. The second-order valence-electron chi connectivity index (χ2n) is 7.01. The van der Waals surface area contributed by atoms with Crippen LogP contribution in [0.15, 0.2) is 29.3 Å². The molecule has 2 aromatic heterocycles. The number of nitrogens with one attached hydrogen (secondary N) is 1. The summed E-state index contributed by atoms with van der Waals surface area (Å²) in [4.78, 5) is 29.6. The molecule has 7 nitrogen and oxygen atoms in total. The Labute approximate surface area is 174 Å². The van der Waals surface area contributed by atoms with Gasteiger partial charge in [0, 0.05) is 37.3 Å². The molecule has 3 aromatic rings. The number of aromatic nitrogens is 3. The molecule has 1 amide bonds. The molecule has 0 unspecified atom stereocenters. The maximum Gasteiger partial charge on any atom is 0.263 e. The summed E-state index contributed by atoms with van der Waals surface area (Å²) >= 11 is 6.20. The van der Waals surface area contributed by atoms with E-state index >= 15 is 0 Å². The highest BCUT2D eigenvalue weighted by Crippen LogP contribution is 2.28. The quantitative estimate of drug-likeness (QED) is 0.601. The molecule has 0 saturated carbocycles. The maximum absolute atomic E-state index is 13.1. The van der Waals surface area contributed by atoms with Gasteiger partial charge in [0.1, 0.15) is 0 Å². The molecule has 0 fully saturated rings. The van der Waals surface area contributed by atoms with Gasteiger partial charge in [0.25, 0.3) is 5.56 Å². The lowest BCUT2D eigenvalue weighted by atomic mass is 10.2. The third-order valence-corrected chi connectivity index (χ3v) is 5.34. The Balaban J connectivity index is 1.98. The van der Waals surface area contributed by atoms with E-state index in [0.717, 1.165) is 22.5 Å². The van der Waals surface area contributed by atoms with Crippen LogP contribution in [0.3, 0.4) is 0 Å². The van der Waals surface area contributed by atoms with Gasteiger partial charge in [-0.25, -0.2) is 4.98 Å². The number of nitrogens with zero attached hydrogens (tertiary/aromatic N) is 3. The summed E-state index contributed by atoms with van der Waals surface area (Å²) < 4.78 is 8.36. The van der Waals surface area contributed by atoms with E-state index in [1.807, 2.05) is 43.5 Å². The number of halogens is 1. The molecule has 0 saturated heterocycles. The molecular weight excluding hydrogens is 392 g/mol. The second kappa shape index (κ2) is 8.80. The van der Waals surface area contributed by atoms with Crippen LogP contribution in [0.4, 0.5) is 0 Å². The zero-order valence-corrected chi connectivity index (χ0v) is 17.8. The smallest absolute Gasteiger partial charge is 0.263 e. The lowest BCUT2D eigenvalue weighted by Crippen LogP contribution is -2.29. The lowest BCUT2D eigenvalue weighted by Gasteiger charge is -2.12. The highest BCUT2D eigenvalue weighted by atomic mass is 35.5. The lowest BCUT2D eigenvalue weighted by molar-refractivity contribution is -0.121. The minimum atomic E-state index is -0.154. The van der Waals surface area contributed by atoms with Gasteiger partial charge in [0.05, 0.1) is 24.0 Å². The fraction of sp³-hybridized carbons (Fsp3) is 0.381. The van der Waals surface area contributed by atoms with E-state index in [9.17, 15) is 9.59 Å². The summed E-state index contributed by atoms with van der Waals surface area (Å²) in [7, 11) is 1.58. The number of aryl methyl sites for hydroxylation is 3. The van der Waals surface area contributed by atoms with Crippen LogP contribution < -0.4 is 10.9 Å². The largest absolute Gasteiger partial charge is 0.383 e. The van der Waals surface area contributed by atoms with Crippen molar-refractivity contribution in [3.8, 4) is 5.69 Å². The molecule has 8 heteroatoms. The van der Waals surface area contributed by atoms with Crippen LogP contribution in [-0.2, 0) is 16.1 Å². The second-order valence-corrected chi connectivity index (χ2v) is 7.45. The number of rotatable bonds is 7. The minimum Gasteiger partial charge on any atom is -0.383 e. The summed E-state index contributed by atoms with van der Waals surface area (Å²) in [6.07, 6.45) is 1.70. The summed E-state index contributed by atoms with van der Waals surface area (Å²) in [6.45, 7) is 7.04. The number of carbonyl (C=O) groups excluding carboxylic acids is 1. The molecule has 29 heavy (non-hydrogen) atoms. The summed E-state index contributed by atoms with van der Waals surface area (Å²) in [5, 5.41) is 3.93. The average Bonchev–Trinajstić information content (AvgIpc) is 2.94. The Kier molecular flexibility index (Phi) is 6.39. The van der Waals surface area contributed by atoms with E-state index in [0.29, 0.717) is 29.2 Å². The molecule has 3 rings (SSSR count).